The molecule has 0 spiro atoms. The van der Waals surface area contributed by atoms with Crippen LogP contribution in [0, 0.1) is 18.6 Å². The van der Waals surface area contributed by atoms with Crippen LogP contribution in [0.4, 0.5) is 8.78 Å². The smallest absolute Gasteiger partial charge is 0.168 e. The Morgan fingerprint density at radius 1 is 1.05 bits per heavy atom. The van der Waals surface area contributed by atoms with Crippen molar-refractivity contribution in [3.05, 3.63) is 59.2 Å². The Morgan fingerprint density at radius 3 is 2.42 bits per heavy atom. The van der Waals surface area contributed by atoms with Crippen molar-refractivity contribution in [3.8, 4) is 11.5 Å². The van der Waals surface area contributed by atoms with Crippen molar-refractivity contribution in [2.24, 2.45) is 5.73 Å². The van der Waals surface area contributed by atoms with Crippen LogP contribution in [0.3, 0.4) is 0 Å². The molecule has 0 amide bonds. The van der Waals surface area contributed by atoms with E-state index in [2.05, 4.69) is 0 Å². The highest BCUT2D eigenvalue weighted by Gasteiger charge is 2.08. The molecule has 0 heterocycles. The summed E-state index contributed by atoms with van der Waals surface area (Å²) in [7, 11) is 0. The molecule has 0 aliphatic carbocycles. The minimum absolute atomic E-state index is 0.0103. The van der Waals surface area contributed by atoms with Crippen molar-refractivity contribution in [1.29, 1.82) is 0 Å². The average molecular weight is 263 g/mol. The summed E-state index contributed by atoms with van der Waals surface area (Å²) in [5.74, 6) is -0.785. The molecule has 0 fully saturated rings. The zero-order chi connectivity index (χ0) is 13.8. The van der Waals surface area contributed by atoms with Crippen molar-refractivity contribution < 1.29 is 13.5 Å². The van der Waals surface area contributed by atoms with Gasteiger partial charge in [0.1, 0.15) is 11.6 Å². The summed E-state index contributed by atoms with van der Waals surface area (Å²) in [4.78, 5) is 0. The van der Waals surface area contributed by atoms with Gasteiger partial charge in [-0.25, -0.2) is 8.78 Å². The third-order valence-corrected chi connectivity index (χ3v) is 2.79. The zero-order valence-corrected chi connectivity index (χ0v) is 10.6. The van der Waals surface area contributed by atoms with Crippen molar-refractivity contribution in [1.82, 2.24) is 0 Å². The predicted octanol–water partition coefficient (Wildman–Crippen LogP) is 3.57. The number of hydrogen-bond donors (Lipinski definition) is 1. The van der Waals surface area contributed by atoms with Crippen LogP contribution >= 0.6 is 0 Å². The molecule has 0 saturated heterocycles. The van der Waals surface area contributed by atoms with Crippen LogP contribution in [-0.4, -0.2) is 6.54 Å². The van der Waals surface area contributed by atoms with Gasteiger partial charge in [0, 0.05) is 6.07 Å². The van der Waals surface area contributed by atoms with E-state index in [4.69, 9.17) is 10.5 Å². The first-order valence-electron chi connectivity index (χ1n) is 6.02. The van der Waals surface area contributed by atoms with E-state index in [1.54, 1.807) is 6.07 Å². The normalized spacial score (nSPS) is 10.5. The second kappa shape index (κ2) is 5.80. The Hall–Kier alpha value is -1.94. The van der Waals surface area contributed by atoms with Gasteiger partial charge in [0.15, 0.2) is 11.6 Å². The van der Waals surface area contributed by atoms with Gasteiger partial charge in [-0.05, 0) is 49.2 Å². The number of aryl methyl sites for hydroxylation is 1. The second-order valence-corrected chi connectivity index (χ2v) is 4.32. The third-order valence-electron chi connectivity index (χ3n) is 2.79. The second-order valence-electron chi connectivity index (χ2n) is 4.32. The van der Waals surface area contributed by atoms with E-state index < -0.39 is 11.6 Å². The van der Waals surface area contributed by atoms with Crippen molar-refractivity contribution in [3.63, 3.8) is 0 Å². The van der Waals surface area contributed by atoms with Gasteiger partial charge in [0.2, 0.25) is 0 Å². The highest BCUT2D eigenvalue weighted by Crippen LogP contribution is 2.28. The summed E-state index contributed by atoms with van der Waals surface area (Å²) in [5.41, 5.74) is 7.48. The first kappa shape index (κ1) is 13.5. The van der Waals surface area contributed by atoms with Gasteiger partial charge in [-0.15, -0.1) is 0 Å². The van der Waals surface area contributed by atoms with Crippen molar-refractivity contribution >= 4 is 0 Å². The summed E-state index contributed by atoms with van der Waals surface area (Å²) in [6, 6.07) is 8.84. The van der Waals surface area contributed by atoms with Gasteiger partial charge in [0.05, 0.1) is 0 Å². The van der Waals surface area contributed by atoms with Gasteiger partial charge in [-0.1, -0.05) is 12.1 Å². The Kier molecular flexibility index (Phi) is 4.12. The molecule has 0 unspecified atom stereocenters. The maximum absolute atomic E-state index is 13.5. The van der Waals surface area contributed by atoms with Gasteiger partial charge >= 0.3 is 0 Å². The first-order chi connectivity index (χ1) is 9.10. The van der Waals surface area contributed by atoms with E-state index in [0.29, 0.717) is 12.3 Å². The minimum Gasteiger partial charge on any atom is -0.454 e. The molecule has 0 bridgehead atoms. The summed E-state index contributed by atoms with van der Waals surface area (Å²) < 4.78 is 31.7. The average Bonchev–Trinajstić information content (AvgIpc) is 2.36. The number of nitrogens with two attached hydrogens (primary N) is 1. The first-order valence-corrected chi connectivity index (χ1v) is 6.02. The van der Waals surface area contributed by atoms with E-state index >= 15 is 0 Å². The number of ether oxygens (including phenoxy) is 1. The fourth-order valence-corrected chi connectivity index (χ4v) is 1.82. The van der Waals surface area contributed by atoms with Crippen LogP contribution in [0.25, 0.3) is 0 Å². The lowest BCUT2D eigenvalue weighted by atomic mass is 10.1. The van der Waals surface area contributed by atoms with Crippen molar-refractivity contribution in [2.45, 2.75) is 13.3 Å². The van der Waals surface area contributed by atoms with E-state index in [1.165, 1.54) is 6.07 Å². The minimum atomic E-state index is -0.717. The Labute approximate surface area is 110 Å². The van der Waals surface area contributed by atoms with Crippen LogP contribution in [-0.2, 0) is 6.42 Å². The van der Waals surface area contributed by atoms with Crippen LogP contribution in [0.5, 0.6) is 11.5 Å². The lowest BCUT2D eigenvalue weighted by Crippen LogP contribution is -2.03. The topological polar surface area (TPSA) is 35.2 Å². The van der Waals surface area contributed by atoms with Crippen LogP contribution in [0.2, 0.25) is 0 Å². The molecule has 4 heteroatoms. The van der Waals surface area contributed by atoms with Gasteiger partial charge < -0.3 is 10.5 Å². The maximum atomic E-state index is 13.5. The largest absolute Gasteiger partial charge is 0.454 e. The lowest BCUT2D eigenvalue weighted by Gasteiger charge is -2.10. The highest BCUT2D eigenvalue weighted by atomic mass is 19.1. The zero-order valence-electron chi connectivity index (χ0n) is 10.6. The number of halogens is 2. The van der Waals surface area contributed by atoms with Crippen LogP contribution in [0.1, 0.15) is 11.1 Å². The van der Waals surface area contributed by atoms with E-state index in [-0.39, 0.29) is 5.75 Å². The molecular weight excluding hydrogens is 248 g/mol. The Bertz CT molecular complexity index is 584. The number of benzene rings is 2. The molecule has 2 aromatic rings. The molecule has 2 rings (SSSR count). The molecular formula is C15H15F2NO. The molecule has 19 heavy (non-hydrogen) atoms. The summed E-state index contributed by atoms with van der Waals surface area (Å²) in [6.45, 7) is 2.45. The highest BCUT2D eigenvalue weighted by molar-refractivity contribution is 5.40. The van der Waals surface area contributed by atoms with Crippen molar-refractivity contribution in [2.75, 3.05) is 6.54 Å². The summed E-state index contributed by atoms with van der Waals surface area (Å²) in [6.07, 6.45) is 0.784. The molecule has 2 nitrogen and oxygen atoms in total. The molecule has 0 aromatic heterocycles. The van der Waals surface area contributed by atoms with E-state index in [9.17, 15) is 8.78 Å². The summed E-state index contributed by atoms with van der Waals surface area (Å²) in [5, 5.41) is 0. The maximum Gasteiger partial charge on any atom is 0.168 e. The fourth-order valence-electron chi connectivity index (χ4n) is 1.82. The van der Waals surface area contributed by atoms with Gasteiger partial charge in [-0.3, -0.25) is 0 Å². The molecule has 2 aromatic carbocycles. The SMILES string of the molecule is Cc1cc(CCN)ccc1Oc1ccc(F)cc1F. The number of hydrogen-bond acceptors (Lipinski definition) is 2. The molecule has 0 aliphatic rings. The quantitative estimate of drug-likeness (QED) is 0.915. The molecule has 100 valence electrons. The number of rotatable bonds is 4. The molecule has 2 N–H and O–H groups in total. The molecule has 0 saturated carbocycles. The van der Waals surface area contributed by atoms with E-state index in [1.807, 2.05) is 19.1 Å². The molecule has 0 atom stereocenters. The standard InChI is InChI=1S/C15H15F2NO/c1-10-8-11(6-7-18)2-4-14(10)19-15-5-3-12(16)9-13(15)17/h2-5,8-9H,6-7,18H2,1H3. The third kappa shape index (κ3) is 3.29. The monoisotopic (exact) mass is 263 g/mol. The van der Waals surface area contributed by atoms with Gasteiger partial charge in [-0.2, -0.15) is 0 Å². The predicted molar refractivity (Wildman–Crippen MR) is 70.4 cm³/mol. The lowest BCUT2D eigenvalue weighted by molar-refractivity contribution is 0.435. The Balaban J connectivity index is 2.23. The fraction of sp³-hybridized carbons (Fsp3) is 0.200. The molecule has 0 aliphatic heterocycles. The van der Waals surface area contributed by atoms with Crippen LogP contribution < -0.4 is 10.5 Å². The van der Waals surface area contributed by atoms with Gasteiger partial charge in [0.25, 0.3) is 0 Å². The van der Waals surface area contributed by atoms with E-state index in [0.717, 1.165) is 29.7 Å². The summed E-state index contributed by atoms with van der Waals surface area (Å²) >= 11 is 0. The van der Waals surface area contributed by atoms with Crippen LogP contribution in [0.15, 0.2) is 36.4 Å². The molecule has 0 radical (unpaired) electrons. The Morgan fingerprint density at radius 2 is 1.79 bits per heavy atom.